The third-order valence-electron chi connectivity index (χ3n) is 6.96. The Morgan fingerprint density at radius 3 is 2.41 bits per heavy atom. The van der Waals surface area contributed by atoms with Gasteiger partial charge in [-0.15, -0.1) is 5.10 Å². The van der Waals surface area contributed by atoms with Gasteiger partial charge in [-0.1, -0.05) is 18.2 Å². The Hall–Kier alpha value is -4.15. The van der Waals surface area contributed by atoms with Crippen molar-refractivity contribution in [1.29, 1.82) is 0 Å². The van der Waals surface area contributed by atoms with Gasteiger partial charge >= 0.3 is 6.18 Å². The van der Waals surface area contributed by atoms with E-state index in [1.54, 1.807) is 35.4 Å². The van der Waals surface area contributed by atoms with Crippen molar-refractivity contribution in [3.8, 4) is 5.75 Å². The van der Waals surface area contributed by atoms with Crippen LogP contribution < -0.4 is 15.0 Å². The zero-order chi connectivity index (χ0) is 27.4. The summed E-state index contributed by atoms with van der Waals surface area (Å²) in [6.07, 6.45) is -1.73. The smallest absolute Gasteiger partial charge is 0.416 e. The molecule has 3 heterocycles. The molecule has 204 valence electrons. The van der Waals surface area contributed by atoms with Crippen LogP contribution in [0.1, 0.15) is 24.0 Å². The second-order valence-corrected chi connectivity index (χ2v) is 9.77. The second kappa shape index (κ2) is 11.3. The first-order valence-electron chi connectivity index (χ1n) is 12.8. The molecule has 2 aromatic carbocycles. The molecule has 11 heteroatoms. The van der Waals surface area contributed by atoms with E-state index in [0.29, 0.717) is 56.0 Å². The molecule has 2 aliphatic rings. The molecule has 2 fully saturated rings. The first kappa shape index (κ1) is 26.5. The largest absolute Gasteiger partial charge is 0.490 e. The number of nitrogens with one attached hydrogen (secondary N) is 1. The zero-order valence-electron chi connectivity index (χ0n) is 21.1. The number of piperidine rings is 1. The third kappa shape index (κ3) is 6.65. The van der Waals surface area contributed by atoms with E-state index in [2.05, 4.69) is 15.5 Å². The highest BCUT2D eigenvalue weighted by atomic mass is 19.4. The average molecular weight is 540 g/mol. The van der Waals surface area contributed by atoms with Crippen LogP contribution >= 0.6 is 0 Å². The summed E-state index contributed by atoms with van der Waals surface area (Å²) < 4.78 is 44.9. The molecule has 2 saturated heterocycles. The SMILES string of the molecule is O=C(Nc1ccc(OC2CCN(C(=O)Cc3cccc(C(F)(F)F)c3)CC2)cc1)C1CN(c2cccnn2)C1. The predicted octanol–water partition coefficient (Wildman–Crippen LogP) is 4.18. The fourth-order valence-corrected chi connectivity index (χ4v) is 4.71. The lowest BCUT2D eigenvalue weighted by Crippen LogP contribution is -2.52. The summed E-state index contributed by atoms with van der Waals surface area (Å²) in [5.74, 6) is 1.06. The van der Waals surface area contributed by atoms with Crippen molar-refractivity contribution in [2.45, 2.75) is 31.5 Å². The second-order valence-electron chi connectivity index (χ2n) is 9.77. The molecule has 1 aromatic heterocycles. The highest BCUT2D eigenvalue weighted by molar-refractivity contribution is 5.94. The number of hydrogen-bond donors (Lipinski definition) is 1. The van der Waals surface area contributed by atoms with Crippen LogP contribution in [0.3, 0.4) is 0 Å². The minimum atomic E-state index is -4.43. The Bertz CT molecular complexity index is 1290. The van der Waals surface area contributed by atoms with Gasteiger partial charge in [-0.05, 0) is 48.0 Å². The highest BCUT2D eigenvalue weighted by Crippen LogP contribution is 2.30. The van der Waals surface area contributed by atoms with E-state index in [4.69, 9.17) is 4.74 Å². The van der Waals surface area contributed by atoms with Crippen LogP contribution in [0.4, 0.5) is 24.7 Å². The van der Waals surface area contributed by atoms with E-state index >= 15 is 0 Å². The van der Waals surface area contributed by atoms with Crippen LogP contribution in [0.15, 0.2) is 66.9 Å². The molecule has 0 unspecified atom stereocenters. The quantitative estimate of drug-likeness (QED) is 0.485. The van der Waals surface area contributed by atoms with Crippen molar-refractivity contribution >= 4 is 23.3 Å². The Morgan fingerprint density at radius 1 is 1.00 bits per heavy atom. The minimum absolute atomic E-state index is 0.0500. The van der Waals surface area contributed by atoms with Crippen LogP contribution in [-0.4, -0.2) is 59.2 Å². The number of carbonyl (C=O) groups is 2. The third-order valence-corrected chi connectivity index (χ3v) is 6.96. The highest BCUT2D eigenvalue weighted by Gasteiger charge is 2.34. The van der Waals surface area contributed by atoms with Gasteiger partial charge in [0.2, 0.25) is 11.8 Å². The molecular formula is C28H28F3N5O3. The summed E-state index contributed by atoms with van der Waals surface area (Å²) in [5.41, 5.74) is 0.277. The lowest BCUT2D eigenvalue weighted by atomic mass is 9.99. The van der Waals surface area contributed by atoms with E-state index in [1.165, 1.54) is 12.1 Å². The molecular weight excluding hydrogens is 511 g/mol. The van der Waals surface area contributed by atoms with Gasteiger partial charge < -0.3 is 19.9 Å². The fourth-order valence-electron chi connectivity index (χ4n) is 4.71. The summed E-state index contributed by atoms with van der Waals surface area (Å²) >= 11 is 0. The number of ether oxygens (including phenoxy) is 1. The van der Waals surface area contributed by atoms with Crippen LogP contribution in [-0.2, 0) is 22.2 Å². The normalized spacial score (nSPS) is 16.5. The first-order chi connectivity index (χ1) is 18.7. The summed E-state index contributed by atoms with van der Waals surface area (Å²) in [6, 6.07) is 15.7. The predicted molar refractivity (Wildman–Crippen MR) is 138 cm³/mol. The molecule has 0 bridgehead atoms. The van der Waals surface area contributed by atoms with Crippen molar-refractivity contribution in [2.24, 2.45) is 5.92 Å². The number of carbonyl (C=O) groups excluding carboxylic acids is 2. The number of benzene rings is 2. The molecule has 39 heavy (non-hydrogen) atoms. The van der Waals surface area contributed by atoms with Crippen LogP contribution in [0.2, 0.25) is 0 Å². The molecule has 2 aliphatic heterocycles. The van der Waals surface area contributed by atoms with Crippen molar-refractivity contribution in [1.82, 2.24) is 15.1 Å². The maximum Gasteiger partial charge on any atom is 0.416 e. The summed E-state index contributed by atoms with van der Waals surface area (Å²) in [4.78, 5) is 28.9. The lowest BCUT2D eigenvalue weighted by Gasteiger charge is -2.38. The van der Waals surface area contributed by atoms with Crippen LogP contribution in [0.5, 0.6) is 5.75 Å². The maximum absolute atomic E-state index is 12.9. The fraction of sp³-hybridized carbons (Fsp3) is 0.357. The van der Waals surface area contributed by atoms with Gasteiger partial charge in [0, 0.05) is 50.9 Å². The standard InChI is InChI=1S/C28H28F3N5O3/c29-28(30,31)21-4-1-3-19(15-21)16-26(37)35-13-10-24(11-14-35)39-23-8-6-22(7-9-23)33-27(38)20-17-36(18-20)25-5-2-12-32-34-25/h1-9,12,15,20,24H,10-11,13-14,16-18H2,(H,33,38). The Morgan fingerprint density at radius 2 is 1.74 bits per heavy atom. The molecule has 0 atom stereocenters. The van der Waals surface area contributed by atoms with Gasteiger partial charge in [0.25, 0.3) is 0 Å². The van der Waals surface area contributed by atoms with Gasteiger partial charge in [0.15, 0.2) is 5.82 Å². The molecule has 5 rings (SSSR count). The Balaban J connectivity index is 1.04. The van der Waals surface area contributed by atoms with Crippen molar-refractivity contribution in [3.05, 3.63) is 78.0 Å². The summed E-state index contributed by atoms with van der Waals surface area (Å²) in [5, 5.41) is 10.8. The van der Waals surface area contributed by atoms with Crippen molar-refractivity contribution in [3.63, 3.8) is 0 Å². The Kier molecular flexibility index (Phi) is 7.67. The molecule has 0 saturated carbocycles. The van der Waals surface area contributed by atoms with Crippen molar-refractivity contribution in [2.75, 3.05) is 36.4 Å². The van der Waals surface area contributed by atoms with Gasteiger partial charge in [-0.2, -0.15) is 18.3 Å². The van der Waals surface area contributed by atoms with E-state index in [1.807, 2.05) is 17.0 Å². The number of aromatic nitrogens is 2. The van der Waals surface area contributed by atoms with Gasteiger partial charge in [0.1, 0.15) is 11.9 Å². The number of alkyl halides is 3. The monoisotopic (exact) mass is 539 g/mol. The van der Waals surface area contributed by atoms with Crippen LogP contribution in [0, 0.1) is 5.92 Å². The molecule has 2 amide bonds. The minimum Gasteiger partial charge on any atom is -0.490 e. The number of amides is 2. The van der Waals surface area contributed by atoms with Gasteiger partial charge in [-0.25, -0.2) is 0 Å². The van der Waals surface area contributed by atoms with E-state index < -0.39 is 11.7 Å². The summed E-state index contributed by atoms with van der Waals surface area (Å²) in [7, 11) is 0. The molecule has 8 nitrogen and oxygen atoms in total. The zero-order valence-corrected chi connectivity index (χ0v) is 21.1. The van der Waals surface area contributed by atoms with Crippen molar-refractivity contribution < 1.29 is 27.5 Å². The maximum atomic E-state index is 12.9. The number of nitrogens with zero attached hydrogens (tertiary/aromatic N) is 4. The van der Waals surface area contributed by atoms with E-state index in [9.17, 15) is 22.8 Å². The first-order valence-corrected chi connectivity index (χ1v) is 12.8. The summed E-state index contributed by atoms with van der Waals surface area (Å²) in [6.45, 7) is 2.13. The van der Waals surface area contributed by atoms with Gasteiger partial charge in [0.05, 0.1) is 17.9 Å². The molecule has 0 radical (unpaired) electrons. The molecule has 0 spiro atoms. The van der Waals surface area contributed by atoms with Crippen LogP contribution in [0.25, 0.3) is 0 Å². The van der Waals surface area contributed by atoms with E-state index in [0.717, 1.165) is 18.0 Å². The number of rotatable bonds is 7. The average Bonchev–Trinajstić information content (AvgIpc) is 2.90. The molecule has 0 aliphatic carbocycles. The lowest BCUT2D eigenvalue weighted by molar-refractivity contribution is -0.138. The van der Waals surface area contributed by atoms with Gasteiger partial charge in [-0.3, -0.25) is 9.59 Å². The number of anilines is 2. The number of hydrogen-bond acceptors (Lipinski definition) is 6. The number of halogens is 3. The molecule has 3 aromatic rings. The van der Waals surface area contributed by atoms with E-state index in [-0.39, 0.29) is 30.3 Å². The topological polar surface area (TPSA) is 87.7 Å². The molecule has 1 N–H and O–H groups in total. The Labute approximate surface area is 223 Å². The number of likely N-dealkylation sites (tertiary alicyclic amines) is 1.